The molecule has 2 aromatic rings. The number of aromatic nitrogens is 4. The zero-order valence-corrected chi connectivity index (χ0v) is 11.3. The minimum Gasteiger partial charge on any atom is -0.461 e. The molecule has 0 aliphatic rings. The number of carbonyl (C=O) groups excluding carboxylic acids is 1. The molecule has 0 bridgehead atoms. The first-order valence-electron chi connectivity index (χ1n) is 6.12. The van der Waals surface area contributed by atoms with Gasteiger partial charge in [0.25, 0.3) is 0 Å². The molecule has 0 amide bonds. The van der Waals surface area contributed by atoms with Gasteiger partial charge in [0.15, 0.2) is 11.5 Å². The fourth-order valence-corrected chi connectivity index (χ4v) is 1.85. The molecule has 0 fully saturated rings. The van der Waals surface area contributed by atoms with Gasteiger partial charge in [0, 0.05) is 25.7 Å². The van der Waals surface area contributed by atoms with Crippen LogP contribution in [0.15, 0.2) is 12.3 Å². The lowest BCUT2D eigenvalue weighted by Gasteiger charge is -2.04. The molecule has 19 heavy (non-hydrogen) atoms. The average molecular weight is 263 g/mol. The fraction of sp³-hybridized carbons (Fsp3) is 0.417. The van der Waals surface area contributed by atoms with Crippen LogP contribution in [0.2, 0.25) is 0 Å². The Kier molecular flexibility index (Phi) is 3.55. The summed E-state index contributed by atoms with van der Waals surface area (Å²) in [6, 6.07) is 1.81. The van der Waals surface area contributed by atoms with E-state index < -0.39 is 5.97 Å². The van der Waals surface area contributed by atoms with Crippen LogP contribution < -0.4 is 5.73 Å². The first kappa shape index (κ1) is 13.1. The molecule has 0 aliphatic carbocycles. The van der Waals surface area contributed by atoms with Crippen LogP contribution >= 0.6 is 0 Å². The maximum Gasteiger partial charge on any atom is 0.360 e. The molecule has 0 spiro atoms. The average Bonchev–Trinajstić information content (AvgIpc) is 2.93. The summed E-state index contributed by atoms with van der Waals surface area (Å²) in [4.78, 5) is 16.0. The number of nitrogen functional groups attached to an aromatic ring is 1. The first-order valence-corrected chi connectivity index (χ1v) is 6.12. The van der Waals surface area contributed by atoms with Crippen LogP contribution in [-0.2, 0) is 18.2 Å². The van der Waals surface area contributed by atoms with Gasteiger partial charge in [0.05, 0.1) is 6.61 Å². The third-order valence-electron chi connectivity index (χ3n) is 2.70. The van der Waals surface area contributed by atoms with Gasteiger partial charge >= 0.3 is 5.97 Å². The summed E-state index contributed by atoms with van der Waals surface area (Å²) in [5.74, 6) is 1.07. The van der Waals surface area contributed by atoms with Crippen molar-refractivity contribution in [1.82, 2.24) is 19.3 Å². The summed E-state index contributed by atoms with van der Waals surface area (Å²) in [7, 11) is 1.81. The van der Waals surface area contributed by atoms with Crippen LogP contribution in [0.25, 0.3) is 5.82 Å². The highest BCUT2D eigenvalue weighted by Gasteiger charge is 2.22. The van der Waals surface area contributed by atoms with Crippen LogP contribution in [-0.4, -0.2) is 31.9 Å². The number of esters is 1. The molecular formula is C12H17N5O2. The number of nitrogens with two attached hydrogens (primary N) is 1. The lowest BCUT2D eigenvalue weighted by molar-refractivity contribution is 0.0521. The number of ether oxygens (including phenoxy) is 1. The Bertz CT molecular complexity index is 599. The molecule has 102 valence electrons. The molecule has 0 saturated carbocycles. The Hall–Kier alpha value is -2.31. The molecule has 0 aliphatic heterocycles. The number of rotatable bonds is 4. The Labute approximate surface area is 111 Å². The zero-order chi connectivity index (χ0) is 14.0. The molecule has 0 atom stereocenters. The van der Waals surface area contributed by atoms with E-state index in [1.54, 1.807) is 22.4 Å². The van der Waals surface area contributed by atoms with E-state index in [2.05, 4.69) is 10.1 Å². The number of hydrogen-bond donors (Lipinski definition) is 1. The summed E-state index contributed by atoms with van der Waals surface area (Å²) in [6.45, 7) is 3.97. The standard InChI is InChI=1S/C12H17N5O2/c1-4-8-14-10(12(18)19-5-2)11(13)17(8)9-6-7-16(3)15-9/h6-7H,4-5,13H2,1-3H3. The smallest absolute Gasteiger partial charge is 0.360 e. The first-order chi connectivity index (χ1) is 9.08. The molecule has 0 aromatic carbocycles. The zero-order valence-electron chi connectivity index (χ0n) is 11.3. The van der Waals surface area contributed by atoms with Gasteiger partial charge in [-0.15, -0.1) is 0 Å². The molecule has 2 N–H and O–H groups in total. The van der Waals surface area contributed by atoms with Crippen LogP contribution in [0.5, 0.6) is 0 Å². The van der Waals surface area contributed by atoms with Gasteiger partial charge in [-0.3, -0.25) is 9.25 Å². The number of carbonyl (C=O) groups is 1. The second-order valence-electron chi connectivity index (χ2n) is 4.02. The van der Waals surface area contributed by atoms with E-state index in [0.29, 0.717) is 18.1 Å². The van der Waals surface area contributed by atoms with E-state index in [1.165, 1.54) is 0 Å². The Morgan fingerprint density at radius 1 is 1.47 bits per heavy atom. The van der Waals surface area contributed by atoms with Gasteiger partial charge < -0.3 is 10.5 Å². The van der Waals surface area contributed by atoms with E-state index in [0.717, 1.165) is 0 Å². The maximum absolute atomic E-state index is 11.8. The van der Waals surface area contributed by atoms with E-state index in [1.807, 2.05) is 20.0 Å². The van der Waals surface area contributed by atoms with Crippen LogP contribution in [0, 0.1) is 0 Å². The van der Waals surface area contributed by atoms with E-state index in [-0.39, 0.29) is 18.1 Å². The quantitative estimate of drug-likeness (QED) is 0.829. The minimum atomic E-state index is -0.510. The number of imidazole rings is 1. The molecule has 2 rings (SSSR count). The summed E-state index contributed by atoms with van der Waals surface area (Å²) in [5.41, 5.74) is 6.15. The lowest BCUT2D eigenvalue weighted by atomic mass is 10.4. The van der Waals surface area contributed by atoms with Gasteiger partial charge in [0.2, 0.25) is 0 Å². The highest BCUT2D eigenvalue weighted by Crippen LogP contribution is 2.20. The predicted molar refractivity (Wildman–Crippen MR) is 70.1 cm³/mol. The second-order valence-corrected chi connectivity index (χ2v) is 4.02. The highest BCUT2D eigenvalue weighted by molar-refractivity contribution is 5.92. The molecule has 7 nitrogen and oxygen atoms in total. The molecule has 0 unspecified atom stereocenters. The molecular weight excluding hydrogens is 246 g/mol. The minimum absolute atomic E-state index is 0.143. The van der Waals surface area contributed by atoms with Crippen molar-refractivity contribution in [3.05, 3.63) is 23.8 Å². The molecule has 2 heterocycles. The molecule has 0 saturated heterocycles. The Morgan fingerprint density at radius 2 is 2.21 bits per heavy atom. The van der Waals surface area contributed by atoms with Crippen molar-refractivity contribution in [3.63, 3.8) is 0 Å². The molecule has 7 heteroatoms. The molecule has 2 aromatic heterocycles. The maximum atomic E-state index is 11.8. The van der Waals surface area contributed by atoms with E-state index >= 15 is 0 Å². The summed E-state index contributed by atoms with van der Waals surface area (Å²) >= 11 is 0. The summed E-state index contributed by atoms with van der Waals surface area (Å²) in [5, 5.41) is 4.28. The predicted octanol–water partition coefficient (Wildman–Crippen LogP) is 0.927. The number of nitrogens with zero attached hydrogens (tertiary/aromatic N) is 4. The SMILES string of the molecule is CCOC(=O)c1nc(CC)n(-c2ccn(C)n2)c1N. The van der Waals surface area contributed by atoms with Crippen molar-refractivity contribution in [2.45, 2.75) is 20.3 Å². The van der Waals surface area contributed by atoms with Gasteiger partial charge in [-0.25, -0.2) is 9.78 Å². The fourth-order valence-electron chi connectivity index (χ4n) is 1.85. The third-order valence-corrected chi connectivity index (χ3v) is 2.70. The van der Waals surface area contributed by atoms with Crippen molar-refractivity contribution in [2.75, 3.05) is 12.3 Å². The van der Waals surface area contributed by atoms with Gasteiger partial charge in [-0.05, 0) is 6.92 Å². The van der Waals surface area contributed by atoms with Crippen LogP contribution in [0.1, 0.15) is 30.2 Å². The number of aryl methyl sites for hydroxylation is 2. The number of hydrogen-bond acceptors (Lipinski definition) is 5. The van der Waals surface area contributed by atoms with Crippen molar-refractivity contribution < 1.29 is 9.53 Å². The van der Waals surface area contributed by atoms with Crippen molar-refractivity contribution in [3.8, 4) is 5.82 Å². The second kappa shape index (κ2) is 5.13. The normalized spacial score (nSPS) is 10.7. The monoisotopic (exact) mass is 263 g/mol. The van der Waals surface area contributed by atoms with E-state index in [9.17, 15) is 4.79 Å². The van der Waals surface area contributed by atoms with Gasteiger partial charge in [-0.1, -0.05) is 6.92 Å². The highest BCUT2D eigenvalue weighted by atomic mass is 16.5. The lowest BCUT2D eigenvalue weighted by Crippen LogP contribution is -2.10. The van der Waals surface area contributed by atoms with Gasteiger partial charge in [0.1, 0.15) is 11.6 Å². The van der Waals surface area contributed by atoms with Crippen molar-refractivity contribution >= 4 is 11.8 Å². The summed E-state index contributed by atoms with van der Waals surface area (Å²) in [6.07, 6.45) is 2.44. The van der Waals surface area contributed by atoms with Crippen molar-refractivity contribution in [1.29, 1.82) is 0 Å². The van der Waals surface area contributed by atoms with Crippen LogP contribution in [0.3, 0.4) is 0 Å². The summed E-state index contributed by atoms with van der Waals surface area (Å²) < 4.78 is 8.28. The largest absolute Gasteiger partial charge is 0.461 e. The topological polar surface area (TPSA) is 88.0 Å². The van der Waals surface area contributed by atoms with Crippen LogP contribution in [0.4, 0.5) is 5.82 Å². The van der Waals surface area contributed by atoms with Gasteiger partial charge in [-0.2, -0.15) is 5.10 Å². The van der Waals surface area contributed by atoms with Crippen molar-refractivity contribution in [2.24, 2.45) is 7.05 Å². The third kappa shape index (κ3) is 2.31. The molecule has 0 radical (unpaired) electrons. The number of anilines is 1. The Balaban J connectivity index is 2.51. The Morgan fingerprint density at radius 3 is 2.74 bits per heavy atom. The van der Waals surface area contributed by atoms with E-state index in [4.69, 9.17) is 10.5 Å².